The van der Waals surface area contributed by atoms with Crippen LogP contribution in [0.2, 0.25) is 0 Å². The van der Waals surface area contributed by atoms with Gasteiger partial charge in [-0.2, -0.15) is 0 Å². The van der Waals surface area contributed by atoms with Crippen molar-refractivity contribution in [2.75, 3.05) is 13.1 Å². The van der Waals surface area contributed by atoms with Gasteiger partial charge in [-0.3, -0.25) is 14.5 Å². The molecule has 1 unspecified atom stereocenters. The van der Waals surface area contributed by atoms with Gasteiger partial charge in [0.25, 0.3) is 0 Å². The highest BCUT2D eigenvalue weighted by Crippen LogP contribution is 2.49. The Kier molecular flexibility index (Phi) is 4.44. The summed E-state index contributed by atoms with van der Waals surface area (Å²) in [6.07, 6.45) is 8.60. The number of likely N-dealkylation sites (tertiary alicyclic amines) is 1. The number of aliphatic carboxylic acids is 1. The highest BCUT2D eigenvalue weighted by Gasteiger charge is 2.55. The average molecular weight is 308 g/mol. The SMILES string of the molecule is CC(C(=O)NC1CCCCC1)N1C[C@@H]2CCC[C@@]2(C(=O)O)C1. The maximum atomic E-state index is 12.5. The molecule has 0 aromatic carbocycles. The summed E-state index contributed by atoms with van der Waals surface area (Å²) in [6.45, 7) is 3.21. The Labute approximate surface area is 132 Å². The largest absolute Gasteiger partial charge is 0.481 e. The summed E-state index contributed by atoms with van der Waals surface area (Å²) >= 11 is 0. The number of carbonyl (C=O) groups excluding carboxylic acids is 1. The number of rotatable bonds is 4. The quantitative estimate of drug-likeness (QED) is 0.833. The van der Waals surface area contributed by atoms with Crippen LogP contribution in [-0.4, -0.2) is 47.1 Å². The summed E-state index contributed by atoms with van der Waals surface area (Å²) in [5.41, 5.74) is -0.598. The lowest BCUT2D eigenvalue weighted by Crippen LogP contribution is -2.49. The molecule has 1 amide bonds. The molecule has 5 heteroatoms. The van der Waals surface area contributed by atoms with Crippen LogP contribution in [0.1, 0.15) is 58.3 Å². The van der Waals surface area contributed by atoms with Gasteiger partial charge in [0.15, 0.2) is 0 Å². The van der Waals surface area contributed by atoms with Gasteiger partial charge in [-0.1, -0.05) is 25.7 Å². The van der Waals surface area contributed by atoms with Gasteiger partial charge < -0.3 is 10.4 Å². The lowest BCUT2D eigenvalue weighted by molar-refractivity contribution is -0.149. The minimum Gasteiger partial charge on any atom is -0.481 e. The first-order valence-corrected chi connectivity index (χ1v) is 8.81. The molecule has 3 rings (SSSR count). The summed E-state index contributed by atoms with van der Waals surface area (Å²) in [5, 5.41) is 12.8. The van der Waals surface area contributed by atoms with Crippen molar-refractivity contribution in [3.8, 4) is 0 Å². The highest BCUT2D eigenvalue weighted by atomic mass is 16.4. The van der Waals surface area contributed by atoms with Crippen LogP contribution in [0, 0.1) is 11.3 Å². The zero-order valence-electron chi connectivity index (χ0n) is 13.5. The topological polar surface area (TPSA) is 69.6 Å². The first-order valence-electron chi connectivity index (χ1n) is 8.81. The molecule has 124 valence electrons. The van der Waals surface area contributed by atoms with Crippen molar-refractivity contribution in [1.82, 2.24) is 10.2 Å². The zero-order valence-corrected chi connectivity index (χ0v) is 13.5. The lowest BCUT2D eigenvalue weighted by Gasteiger charge is -2.29. The Morgan fingerprint density at radius 3 is 2.55 bits per heavy atom. The van der Waals surface area contributed by atoms with E-state index in [2.05, 4.69) is 10.2 Å². The van der Waals surface area contributed by atoms with Crippen LogP contribution in [0.5, 0.6) is 0 Å². The van der Waals surface area contributed by atoms with E-state index in [-0.39, 0.29) is 17.9 Å². The van der Waals surface area contributed by atoms with Gasteiger partial charge in [-0.25, -0.2) is 0 Å². The van der Waals surface area contributed by atoms with Crippen molar-refractivity contribution in [2.24, 2.45) is 11.3 Å². The van der Waals surface area contributed by atoms with Gasteiger partial charge in [-0.05, 0) is 38.5 Å². The molecule has 0 aromatic heterocycles. The highest BCUT2D eigenvalue weighted by molar-refractivity contribution is 5.82. The maximum Gasteiger partial charge on any atom is 0.311 e. The number of carboxylic acids is 1. The molecule has 0 spiro atoms. The summed E-state index contributed by atoms with van der Waals surface area (Å²) in [6, 6.07) is 0.1000. The Morgan fingerprint density at radius 1 is 1.18 bits per heavy atom. The van der Waals surface area contributed by atoms with E-state index in [9.17, 15) is 14.7 Å². The second-order valence-electron chi connectivity index (χ2n) is 7.50. The number of hydrogen-bond acceptors (Lipinski definition) is 3. The Hall–Kier alpha value is -1.10. The smallest absolute Gasteiger partial charge is 0.311 e. The zero-order chi connectivity index (χ0) is 15.7. The first-order chi connectivity index (χ1) is 10.5. The van der Waals surface area contributed by atoms with Crippen LogP contribution in [0.3, 0.4) is 0 Å². The third-order valence-electron chi connectivity index (χ3n) is 6.20. The summed E-state index contributed by atoms with van der Waals surface area (Å²) in [7, 11) is 0. The normalized spacial score (nSPS) is 34.3. The molecule has 22 heavy (non-hydrogen) atoms. The molecular formula is C17H28N2O3. The molecule has 3 aliphatic rings. The molecule has 1 heterocycles. The third kappa shape index (κ3) is 2.75. The first kappa shape index (κ1) is 15.8. The van der Waals surface area contributed by atoms with Gasteiger partial charge in [0.05, 0.1) is 11.5 Å². The van der Waals surface area contributed by atoms with Crippen LogP contribution in [0.4, 0.5) is 0 Å². The molecule has 2 saturated carbocycles. The Morgan fingerprint density at radius 2 is 1.91 bits per heavy atom. The fourth-order valence-corrected chi connectivity index (χ4v) is 4.71. The number of fused-ring (bicyclic) bond motifs is 1. The molecule has 5 nitrogen and oxygen atoms in total. The van der Waals surface area contributed by atoms with Crippen molar-refractivity contribution in [2.45, 2.75) is 70.4 Å². The average Bonchev–Trinajstić information content (AvgIpc) is 3.05. The van der Waals surface area contributed by atoms with E-state index in [0.717, 1.165) is 38.6 Å². The van der Waals surface area contributed by atoms with Crippen molar-refractivity contribution >= 4 is 11.9 Å². The van der Waals surface area contributed by atoms with Crippen molar-refractivity contribution in [3.05, 3.63) is 0 Å². The van der Waals surface area contributed by atoms with Crippen molar-refractivity contribution < 1.29 is 14.7 Å². The van der Waals surface area contributed by atoms with Crippen LogP contribution in [0.25, 0.3) is 0 Å². The minimum absolute atomic E-state index is 0.0763. The third-order valence-corrected chi connectivity index (χ3v) is 6.20. The Bertz CT molecular complexity index is 447. The molecular weight excluding hydrogens is 280 g/mol. The number of carbonyl (C=O) groups is 2. The molecule has 3 atom stereocenters. The fourth-order valence-electron chi connectivity index (χ4n) is 4.71. The second-order valence-corrected chi connectivity index (χ2v) is 7.50. The van der Waals surface area contributed by atoms with Crippen LogP contribution in [-0.2, 0) is 9.59 Å². The second kappa shape index (κ2) is 6.19. The Balaban J connectivity index is 1.60. The predicted octanol–water partition coefficient (Wildman–Crippen LogP) is 2.01. The molecule has 1 aliphatic heterocycles. The van der Waals surface area contributed by atoms with Gasteiger partial charge >= 0.3 is 5.97 Å². The number of carboxylic acid groups (broad SMARTS) is 1. The summed E-state index contributed by atoms with van der Waals surface area (Å²) < 4.78 is 0. The number of hydrogen-bond donors (Lipinski definition) is 2. The molecule has 1 saturated heterocycles. The lowest BCUT2D eigenvalue weighted by atomic mass is 9.81. The summed E-state index contributed by atoms with van der Waals surface area (Å²) in [4.78, 5) is 26.3. The fraction of sp³-hybridized carbons (Fsp3) is 0.882. The summed E-state index contributed by atoms with van der Waals surface area (Å²) in [5.74, 6) is -0.375. The maximum absolute atomic E-state index is 12.5. The van der Waals surface area contributed by atoms with Crippen LogP contribution in [0.15, 0.2) is 0 Å². The molecule has 0 radical (unpaired) electrons. The van der Waals surface area contributed by atoms with Crippen molar-refractivity contribution in [1.29, 1.82) is 0 Å². The van der Waals surface area contributed by atoms with Crippen molar-refractivity contribution in [3.63, 3.8) is 0 Å². The molecule has 3 fully saturated rings. The monoisotopic (exact) mass is 308 g/mol. The minimum atomic E-state index is -0.669. The van der Waals surface area contributed by atoms with E-state index in [1.54, 1.807) is 0 Å². The van der Waals surface area contributed by atoms with E-state index in [1.165, 1.54) is 19.3 Å². The van der Waals surface area contributed by atoms with E-state index < -0.39 is 11.4 Å². The van der Waals surface area contributed by atoms with E-state index in [1.807, 2.05) is 6.92 Å². The predicted molar refractivity (Wildman–Crippen MR) is 83.5 cm³/mol. The number of nitrogens with zero attached hydrogens (tertiary/aromatic N) is 1. The van der Waals surface area contributed by atoms with Crippen LogP contribution >= 0.6 is 0 Å². The number of nitrogens with one attached hydrogen (secondary N) is 1. The van der Waals surface area contributed by atoms with E-state index in [0.29, 0.717) is 12.6 Å². The molecule has 2 aliphatic carbocycles. The van der Waals surface area contributed by atoms with Crippen LogP contribution < -0.4 is 5.32 Å². The molecule has 0 bridgehead atoms. The molecule has 2 N–H and O–H groups in total. The van der Waals surface area contributed by atoms with E-state index in [4.69, 9.17) is 0 Å². The number of amides is 1. The van der Waals surface area contributed by atoms with Gasteiger partial charge in [-0.15, -0.1) is 0 Å². The van der Waals surface area contributed by atoms with Gasteiger partial charge in [0, 0.05) is 19.1 Å². The van der Waals surface area contributed by atoms with Gasteiger partial charge in [0.2, 0.25) is 5.91 Å². The van der Waals surface area contributed by atoms with E-state index >= 15 is 0 Å². The standard InChI is InChI=1S/C17H28N2O3/c1-12(15(20)18-14-7-3-2-4-8-14)19-10-13-6-5-9-17(13,11-19)16(21)22/h12-14H,2-11H2,1H3,(H,18,20)(H,21,22)/t12?,13-,17+/m0/s1. The van der Waals surface area contributed by atoms with Gasteiger partial charge in [0.1, 0.15) is 0 Å². The molecule has 0 aromatic rings.